The van der Waals surface area contributed by atoms with Crippen molar-refractivity contribution in [3.63, 3.8) is 0 Å². The minimum atomic E-state index is -0.608. The number of pyridine rings is 1. The van der Waals surface area contributed by atoms with E-state index in [4.69, 9.17) is 10.00 Å². The van der Waals surface area contributed by atoms with Gasteiger partial charge < -0.3 is 14.8 Å². The molecule has 1 aliphatic heterocycles. The molecule has 0 bridgehead atoms. The molecule has 2 heterocycles. The monoisotopic (exact) mass is 261 g/mol. The molecular weight excluding hydrogens is 246 g/mol. The number of piperidine rings is 1. The lowest BCUT2D eigenvalue weighted by Gasteiger charge is -2.24. The Morgan fingerprint density at radius 3 is 3.11 bits per heavy atom. The number of nitrogens with zero attached hydrogens (tertiary/aromatic N) is 2. The molecule has 1 saturated heterocycles. The number of hydrogen-bond acceptors (Lipinski definition) is 6. The summed E-state index contributed by atoms with van der Waals surface area (Å²) in [6.45, 7) is 1.68. The third kappa shape index (κ3) is 3.01. The van der Waals surface area contributed by atoms with Crippen LogP contribution in [0.4, 0.5) is 0 Å². The zero-order valence-corrected chi connectivity index (χ0v) is 10.7. The topological polar surface area (TPSA) is 84.2 Å². The molecule has 100 valence electrons. The van der Waals surface area contributed by atoms with Gasteiger partial charge in [-0.15, -0.1) is 0 Å². The highest BCUT2D eigenvalue weighted by molar-refractivity contribution is 5.94. The second-order valence-corrected chi connectivity index (χ2v) is 4.23. The first kappa shape index (κ1) is 13.3. The van der Waals surface area contributed by atoms with E-state index in [1.54, 1.807) is 0 Å². The van der Waals surface area contributed by atoms with Gasteiger partial charge in [0, 0.05) is 12.7 Å². The summed E-state index contributed by atoms with van der Waals surface area (Å²) in [5.74, 6) is -0.442. The lowest BCUT2D eigenvalue weighted by Crippen LogP contribution is -2.37. The smallest absolute Gasteiger partial charge is 0.344 e. The van der Waals surface area contributed by atoms with Crippen molar-refractivity contribution in [2.45, 2.75) is 18.9 Å². The summed E-state index contributed by atoms with van der Waals surface area (Å²) in [5, 5.41) is 12.3. The average molecular weight is 261 g/mol. The first-order chi connectivity index (χ1) is 9.26. The molecule has 0 spiro atoms. The van der Waals surface area contributed by atoms with Crippen molar-refractivity contribution >= 4 is 5.97 Å². The summed E-state index contributed by atoms with van der Waals surface area (Å²) in [5.41, 5.74) is 0.304. The van der Waals surface area contributed by atoms with Gasteiger partial charge in [0.25, 0.3) is 0 Å². The van der Waals surface area contributed by atoms with Crippen LogP contribution in [-0.4, -0.2) is 37.3 Å². The quantitative estimate of drug-likeness (QED) is 0.813. The van der Waals surface area contributed by atoms with E-state index in [0.717, 1.165) is 19.4 Å². The van der Waals surface area contributed by atoms with Crippen molar-refractivity contribution in [1.29, 1.82) is 5.26 Å². The van der Waals surface area contributed by atoms with Crippen LogP contribution in [0.25, 0.3) is 0 Å². The second kappa shape index (κ2) is 6.16. The van der Waals surface area contributed by atoms with Gasteiger partial charge in [0.05, 0.1) is 12.7 Å². The molecule has 0 unspecified atom stereocenters. The Hall–Kier alpha value is -2.13. The van der Waals surface area contributed by atoms with Gasteiger partial charge in [-0.2, -0.15) is 5.26 Å². The van der Waals surface area contributed by atoms with Gasteiger partial charge in [-0.1, -0.05) is 0 Å². The maximum atomic E-state index is 11.7. The van der Waals surface area contributed by atoms with Crippen molar-refractivity contribution in [2.24, 2.45) is 0 Å². The number of rotatable bonds is 3. The summed E-state index contributed by atoms with van der Waals surface area (Å²) in [6, 6.07) is 3.42. The zero-order chi connectivity index (χ0) is 13.7. The number of aromatic nitrogens is 1. The van der Waals surface area contributed by atoms with Gasteiger partial charge in [-0.25, -0.2) is 9.78 Å². The molecule has 0 aromatic carbocycles. The van der Waals surface area contributed by atoms with Gasteiger partial charge in [0.1, 0.15) is 17.7 Å². The van der Waals surface area contributed by atoms with Crippen LogP contribution in [-0.2, 0) is 4.74 Å². The summed E-state index contributed by atoms with van der Waals surface area (Å²) in [6.07, 6.45) is 3.32. The van der Waals surface area contributed by atoms with E-state index in [-0.39, 0.29) is 23.1 Å². The van der Waals surface area contributed by atoms with Crippen LogP contribution in [0.1, 0.15) is 28.8 Å². The van der Waals surface area contributed by atoms with E-state index in [0.29, 0.717) is 6.54 Å². The highest BCUT2D eigenvalue weighted by Crippen LogP contribution is 2.22. The average Bonchev–Trinajstić information content (AvgIpc) is 2.47. The first-order valence-electron chi connectivity index (χ1n) is 6.11. The SMILES string of the molecule is COC(=O)c1c(C#N)ccnc1O[C@@H]1CCCNC1. The lowest BCUT2D eigenvalue weighted by atomic mass is 10.1. The van der Waals surface area contributed by atoms with Crippen LogP contribution < -0.4 is 10.1 Å². The van der Waals surface area contributed by atoms with Crippen LogP contribution >= 0.6 is 0 Å². The molecule has 1 aromatic rings. The predicted octanol–water partition coefficient (Wildman–Crippen LogP) is 0.871. The standard InChI is InChI=1S/C13H15N3O3/c1-18-13(17)11-9(7-14)4-6-16-12(11)19-10-3-2-5-15-8-10/h4,6,10,15H,2-3,5,8H2,1H3/t10-/m1/s1. The highest BCUT2D eigenvalue weighted by atomic mass is 16.5. The van der Waals surface area contributed by atoms with E-state index >= 15 is 0 Å². The molecule has 1 atom stereocenters. The normalized spacial score (nSPS) is 18.4. The Labute approximate surface area is 111 Å². The minimum Gasteiger partial charge on any atom is -0.472 e. The molecule has 0 amide bonds. The molecule has 2 rings (SSSR count). The summed E-state index contributed by atoms with van der Waals surface area (Å²) >= 11 is 0. The van der Waals surface area contributed by atoms with Crippen molar-refractivity contribution in [3.05, 3.63) is 23.4 Å². The Morgan fingerprint density at radius 1 is 1.63 bits per heavy atom. The van der Waals surface area contributed by atoms with E-state index in [1.165, 1.54) is 19.4 Å². The number of carbonyl (C=O) groups excluding carboxylic acids is 1. The Bertz CT molecular complexity index is 504. The summed E-state index contributed by atoms with van der Waals surface area (Å²) < 4.78 is 10.4. The number of nitrogens with one attached hydrogen (secondary N) is 1. The number of carbonyl (C=O) groups is 1. The summed E-state index contributed by atoms with van der Waals surface area (Å²) in [7, 11) is 1.27. The maximum Gasteiger partial charge on any atom is 0.344 e. The third-order valence-corrected chi connectivity index (χ3v) is 2.96. The molecule has 6 heteroatoms. The largest absolute Gasteiger partial charge is 0.472 e. The number of esters is 1. The molecule has 1 aromatic heterocycles. The molecule has 6 nitrogen and oxygen atoms in total. The Morgan fingerprint density at radius 2 is 2.47 bits per heavy atom. The fraction of sp³-hybridized carbons (Fsp3) is 0.462. The molecular formula is C13H15N3O3. The maximum absolute atomic E-state index is 11.7. The molecule has 0 saturated carbocycles. The molecule has 19 heavy (non-hydrogen) atoms. The van der Waals surface area contributed by atoms with Crippen LogP contribution in [0.2, 0.25) is 0 Å². The van der Waals surface area contributed by atoms with Gasteiger partial charge >= 0.3 is 5.97 Å². The van der Waals surface area contributed by atoms with E-state index < -0.39 is 5.97 Å². The van der Waals surface area contributed by atoms with Crippen LogP contribution in [0.15, 0.2) is 12.3 Å². The van der Waals surface area contributed by atoms with Crippen LogP contribution in [0.3, 0.4) is 0 Å². The molecule has 1 aliphatic rings. The van der Waals surface area contributed by atoms with Gasteiger partial charge in [-0.05, 0) is 25.5 Å². The van der Waals surface area contributed by atoms with Crippen LogP contribution in [0.5, 0.6) is 5.88 Å². The van der Waals surface area contributed by atoms with Crippen LogP contribution in [0, 0.1) is 11.3 Å². The first-order valence-corrected chi connectivity index (χ1v) is 6.11. The molecule has 0 aliphatic carbocycles. The highest BCUT2D eigenvalue weighted by Gasteiger charge is 2.23. The lowest BCUT2D eigenvalue weighted by molar-refractivity contribution is 0.0589. The second-order valence-electron chi connectivity index (χ2n) is 4.23. The fourth-order valence-corrected chi connectivity index (χ4v) is 2.00. The van der Waals surface area contributed by atoms with Crippen molar-refractivity contribution in [3.8, 4) is 11.9 Å². The van der Waals surface area contributed by atoms with Crippen molar-refractivity contribution in [1.82, 2.24) is 10.3 Å². The molecule has 0 radical (unpaired) electrons. The van der Waals surface area contributed by atoms with Gasteiger partial charge in [-0.3, -0.25) is 0 Å². The van der Waals surface area contributed by atoms with Gasteiger partial charge in [0.2, 0.25) is 5.88 Å². The zero-order valence-electron chi connectivity index (χ0n) is 10.7. The molecule has 1 N–H and O–H groups in total. The number of hydrogen-bond donors (Lipinski definition) is 1. The number of methoxy groups -OCH3 is 1. The van der Waals surface area contributed by atoms with E-state index in [9.17, 15) is 4.79 Å². The van der Waals surface area contributed by atoms with Crippen molar-refractivity contribution in [2.75, 3.05) is 20.2 Å². The minimum absolute atomic E-state index is 0.0430. The molecule has 1 fully saturated rings. The Kier molecular flexibility index (Phi) is 4.31. The summed E-state index contributed by atoms with van der Waals surface area (Å²) in [4.78, 5) is 15.8. The van der Waals surface area contributed by atoms with Gasteiger partial charge in [0.15, 0.2) is 0 Å². The number of ether oxygens (including phenoxy) is 2. The third-order valence-electron chi connectivity index (χ3n) is 2.96. The fourth-order valence-electron chi connectivity index (χ4n) is 2.00. The van der Waals surface area contributed by atoms with E-state index in [2.05, 4.69) is 15.0 Å². The Balaban J connectivity index is 2.28. The van der Waals surface area contributed by atoms with E-state index in [1.807, 2.05) is 6.07 Å². The number of nitriles is 1. The van der Waals surface area contributed by atoms with Crippen molar-refractivity contribution < 1.29 is 14.3 Å². The predicted molar refractivity (Wildman–Crippen MR) is 66.8 cm³/mol.